The highest BCUT2D eigenvalue weighted by atomic mass is 32.1. The lowest BCUT2D eigenvalue weighted by molar-refractivity contribution is -0.125. The number of nitrogens with one attached hydrogen (secondary N) is 1. The largest absolute Gasteiger partial charge is 0.401 e. The number of aryl methyl sites for hydroxylation is 1. The Morgan fingerprint density at radius 2 is 2.12 bits per heavy atom. The maximum Gasteiger partial charge on any atom is 0.401 e. The number of hydrogen-bond donors (Lipinski definition) is 1. The van der Waals surface area contributed by atoms with E-state index < -0.39 is 12.7 Å². The van der Waals surface area contributed by atoms with Crippen LogP contribution in [0.25, 0.3) is 0 Å². The molecule has 0 aliphatic rings. The molecule has 0 amide bonds. The molecule has 0 aliphatic carbocycles. The Morgan fingerprint density at radius 3 is 2.71 bits per heavy atom. The first-order valence-electron chi connectivity index (χ1n) is 5.57. The van der Waals surface area contributed by atoms with Crippen LogP contribution in [0.15, 0.2) is 5.38 Å². The van der Waals surface area contributed by atoms with E-state index >= 15 is 0 Å². The van der Waals surface area contributed by atoms with Crippen LogP contribution >= 0.6 is 11.3 Å². The second-order valence-corrected chi connectivity index (χ2v) is 5.33. The van der Waals surface area contributed by atoms with Crippen LogP contribution in [-0.2, 0) is 13.0 Å². The molecule has 6 heteroatoms. The van der Waals surface area contributed by atoms with Gasteiger partial charge in [0, 0.05) is 11.9 Å². The van der Waals surface area contributed by atoms with Gasteiger partial charge in [-0.3, -0.25) is 0 Å². The van der Waals surface area contributed by atoms with Crippen LogP contribution in [0, 0.1) is 5.92 Å². The van der Waals surface area contributed by atoms with Gasteiger partial charge in [-0.25, -0.2) is 4.98 Å². The fourth-order valence-corrected chi connectivity index (χ4v) is 2.10. The summed E-state index contributed by atoms with van der Waals surface area (Å²) < 4.78 is 35.7. The van der Waals surface area contributed by atoms with Crippen molar-refractivity contribution in [3.63, 3.8) is 0 Å². The van der Waals surface area contributed by atoms with Crippen LogP contribution in [0.4, 0.5) is 13.2 Å². The molecule has 17 heavy (non-hydrogen) atoms. The Hall–Kier alpha value is -0.620. The molecule has 1 aromatic rings. The van der Waals surface area contributed by atoms with Gasteiger partial charge in [0.2, 0.25) is 0 Å². The molecular formula is C11H17F3N2S. The lowest BCUT2D eigenvalue weighted by Gasteiger charge is -2.06. The average molecular weight is 266 g/mol. The molecule has 0 aliphatic heterocycles. The maximum atomic E-state index is 11.9. The molecule has 0 spiro atoms. The van der Waals surface area contributed by atoms with Crippen LogP contribution in [0.2, 0.25) is 0 Å². The summed E-state index contributed by atoms with van der Waals surface area (Å²) in [5.74, 6) is 0.616. The molecule has 0 saturated heterocycles. The molecule has 0 saturated carbocycles. The summed E-state index contributed by atoms with van der Waals surface area (Å²) in [6, 6.07) is 0. The molecule has 0 atom stereocenters. The van der Waals surface area contributed by atoms with Crippen molar-refractivity contribution in [1.82, 2.24) is 10.3 Å². The number of aromatic nitrogens is 1. The Morgan fingerprint density at radius 1 is 1.41 bits per heavy atom. The van der Waals surface area contributed by atoms with Crippen molar-refractivity contribution in [3.8, 4) is 0 Å². The maximum absolute atomic E-state index is 11.9. The van der Waals surface area contributed by atoms with E-state index in [1.54, 1.807) is 0 Å². The summed E-state index contributed by atoms with van der Waals surface area (Å²) in [5, 5.41) is 5.16. The van der Waals surface area contributed by atoms with E-state index in [1.807, 2.05) is 5.38 Å². The summed E-state index contributed by atoms with van der Waals surface area (Å²) in [5.41, 5.74) is 0.693. The highest BCUT2D eigenvalue weighted by Crippen LogP contribution is 2.15. The van der Waals surface area contributed by atoms with Crippen LogP contribution in [0.1, 0.15) is 31.0 Å². The number of alkyl halides is 3. The second kappa shape index (κ2) is 6.35. The van der Waals surface area contributed by atoms with E-state index in [2.05, 4.69) is 24.1 Å². The quantitative estimate of drug-likeness (QED) is 0.853. The van der Waals surface area contributed by atoms with Gasteiger partial charge in [-0.1, -0.05) is 13.8 Å². The minimum absolute atomic E-state index is 0.178. The monoisotopic (exact) mass is 266 g/mol. The smallest absolute Gasteiger partial charge is 0.303 e. The molecule has 2 nitrogen and oxygen atoms in total. The van der Waals surface area contributed by atoms with Crippen molar-refractivity contribution in [1.29, 1.82) is 0 Å². The minimum Gasteiger partial charge on any atom is -0.303 e. The fourth-order valence-electron chi connectivity index (χ4n) is 1.29. The molecule has 1 N–H and O–H groups in total. The molecule has 0 radical (unpaired) electrons. The zero-order chi connectivity index (χ0) is 12.9. The third-order valence-electron chi connectivity index (χ3n) is 2.17. The van der Waals surface area contributed by atoms with E-state index in [0.29, 0.717) is 11.6 Å². The molecule has 0 aromatic carbocycles. The molecule has 1 heterocycles. The van der Waals surface area contributed by atoms with Crippen molar-refractivity contribution < 1.29 is 13.2 Å². The van der Waals surface area contributed by atoms with Crippen molar-refractivity contribution in [2.45, 2.75) is 39.4 Å². The van der Waals surface area contributed by atoms with Crippen LogP contribution in [-0.4, -0.2) is 17.7 Å². The van der Waals surface area contributed by atoms with Crippen molar-refractivity contribution in [3.05, 3.63) is 16.1 Å². The van der Waals surface area contributed by atoms with Gasteiger partial charge in [0.05, 0.1) is 17.2 Å². The predicted octanol–water partition coefficient (Wildman–Crippen LogP) is 3.38. The molecule has 0 fully saturated rings. The van der Waals surface area contributed by atoms with Crippen LogP contribution < -0.4 is 5.32 Å². The summed E-state index contributed by atoms with van der Waals surface area (Å²) in [7, 11) is 0. The van der Waals surface area contributed by atoms with Gasteiger partial charge in [-0.05, 0) is 18.8 Å². The van der Waals surface area contributed by atoms with Gasteiger partial charge in [0.25, 0.3) is 0 Å². The summed E-state index contributed by atoms with van der Waals surface area (Å²) in [4.78, 5) is 4.29. The Balaban J connectivity index is 2.31. The topological polar surface area (TPSA) is 24.9 Å². The highest BCUT2D eigenvalue weighted by Gasteiger charge is 2.26. The molecule has 0 bridgehead atoms. The van der Waals surface area contributed by atoms with Crippen LogP contribution in [0.5, 0.6) is 0 Å². The third-order valence-corrected chi connectivity index (χ3v) is 3.12. The summed E-state index contributed by atoms with van der Waals surface area (Å²) in [6.45, 7) is 3.49. The predicted molar refractivity (Wildman–Crippen MR) is 63.0 cm³/mol. The first-order valence-corrected chi connectivity index (χ1v) is 6.45. The zero-order valence-electron chi connectivity index (χ0n) is 9.97. The lowest BCUT2D eigenvalue weighted by atomic mass is 10.1. The third kappa shape index (κ3) is 6.63. The molecule has 0 unspecified atom stereocenters. The van der Waals surface area contributed by atoms with E-state index in [0.717, 1.165) is 17.8 Å². The van der Waals surface area contributed by atoms with E-state index in [9.17, 15) is 13.2 Å². The molecule has 1 aromatic heterocycles. The minimum atomic E-state index is -4.16. The fraction of sp³-hybridized carbons (Fsp3) is 0.727. The molecule has 98 valence electrons. The molecular weight excluding hydrogens is 249 g/mol. The number of thiazole rings is 1. The van der Waals surface area contributed by atoms with Gasteiger partial charge in [0.1, 0.15) is 0 Å². The number of nitrogens with zero attached hydrogens (tertiary/aromatic N) is 1. The van der Waals surface area contributed by atoms with Gasteiger partial charge in [-0.2, -0.15) is 13.2 Å². The number of rotatable bonds is 6. The zero-order valence-corrected chi connectivity index (χ0v) is 10.8. The van der Waals surface area contributed by atoms with Crippen LogP contribution in [0.3, 0.4) is 0 Å². The van der Waals surface area contributed by atoms with Gasteiger partial charge in [-0.15, -0.1) is 11.3 Å². The Kier molecular flexibility index (Phi) is 5.39. The van der Waals surface area contributed by atoms with Gasteiger partial charge in [0.15, 0.2) is 0 Å². The second-order valence-electron chi connectivity index (χ2n) is 4.38. The van der Waals surface area contributed by atoms with Gasteiger partial charge >= 0.3 is 6.18 Å². The molecule has 1 rings (SSSR count). The highest BCUT2D eigenvalue weighted by molar-refractivity contribution is 7.09. The van der Waals surface area contributed by atoms with Gasteiger partial charge < -0.3 is 5.32 Å². The first kappa shape index (κ1) is 14.4. The first-order chi connectivity index (χ1) is 7.87. The summed E-state index contributed by atoms with van der Waals surface area (Å²) >= 11 is 1.52. The van der Waals surface area contributed by atoms with E-state index in [4.69, 9.17) is 0 Å². The van der Waals surface area contributed by atoms with E-state index in [-0.39, 0.29) is 6.54 Å². The number of hydrogen-bond acceptors (Lipinski definition) is 3. The lowest BCUT2D eigenvalue weighted by Crippen LogP contribution is -2.28. The SMILES string of the molecule is CC(C)CCc1nc(CNCC(F)(F)F)cs1. The number of halogens is 3. The van der Waals surface area contributed by atoms with Crippen molar-refractivity contribution in [2.24, 2.45) is 5.92 Å². The standard InChI is InChI=1S/C11H17F3N2S/c1-8(2)3-4-10-16-9(6-17-10)5-15-7-11(12,13)14/h6,8,15H,3-5,7H2,1-2H3. The Labute approximate surface area is 103 Å². The Bertz CT molecular complexity index is 334. The van der Waals surface area contributed by atoms with E-state index in [1.165, 1.54) is 11.3 Å². The normalized spacial score (nSPS) is 12.4. The summed E-state index contributed by atoms with van der Waals surface area (Å²) in [6.07, 6.45) is -2.19. The van der Waals surface area contributed by atoms with Crippen molar-refractivity contribution >= 4 is 11.3 Å². The average Bonchev–Trinajstić information content (AvgIpc) is 2.61. The van der Waals surface area contributed by atoms with Crippen molar-refractivity contribution in [2.75, 3.05) is 6.54 Å².